The third kappa shape index (κ3) is 3.25. The van der Waals surface area contributed by atoms with Crippen LogP contribution in [-0.2, 0) is 0 Å². The molecule has 1 aromatic heterocycles. The number of rotatable bonds is 4. The van der Waals surface area contributed by atoms with Gasteiger partial charge in [0, 0.05) is 11.1 Å². The third-order valence-corrected chi connectivity index (χ3v) is 5.24. The summed E-state index contributed by atoms with van der Waals surface area (Å²) in [6.07, 6.45) is 0. The van der Waals surface area contributed by atoms with Gasteiger partial charge < -0.3 is 5.11 Å². The number of fused-ring (bicyclic) bond motifs is 1. The van der Waals surface area contributed by atoms with Gasteiger partial charge in [0.05, 0.1) is 27.2 Å². The van der Waals surface area contributed by atoms with Crippen LogP contribution in [0.15, 0.2) is 78.9 Å². The molecule has 0 spiro atoms. The number of ketones is 1. The van der Waals surface area contributed by atoms with Gasteiger partial charge in [0.1, 0.15) is 11.3 Å². The Labute approximate surface area is 171 Å². The number of Topliss-reactive ketones (excluding diaryl/α,β-unsaturated/α-hetero) is 1. The summed E-state index contributed by atoms with van der Waals surface area (Å²) in [4.78, 5) is 18.0. The number of nitrogens with zero attached hydrogens (tertiary/aromatic N) is 2. The summed E-state index contributed by atoms with van der Waals surface area (Å²) in [5.41, 5.74) is 3.80. The van der Waals surface area contributed by atoms with Crippen molar-refractivity contribution in [3.05, 3.63) is 101 Å². The number of carbonyl (C=O) groups is 1. The normalized spacial score (nSPS) is 12.1. The van der Waals surface area contributed by atoms with E-state index in [4.69, 9.17) is 0 Å². The molecule has 0 saturated heterocycles. The van der Waals surface area contributed by atoms with E-state index in [-0.39, 0.29) is 17.1 Å². The summed E-state index contributed by atoms with van der Waals surface area (Å²) >= 11 is 3.52. The first kappa shape index (κ1) is 18.2. The van der Waals surface area contributed by atoms with Gasteiger partial charge in [0.15, 0.2) is 5.82 Å². The molecule has 0 aliphatic carbocycles. The van der Waals surface area contributed by atoms with Gasteiger partial charge in [0.25, 0.3) is 0 Å². The number of aromatic nitrogens is 2. The predicted octanol–water partition coefficient (Wildman–Crippen LogP) is 5.81. The van der Waals surface area contributed by atoms with Crippen molar-refractivity contribution in [2.45, 2.75) is 6.92 Å². The van der Waals surface area contributed by atoms with Crippen molar-refractivity contribution in [2.24, 2.45) is 0 Å². The van der Waals surface area contributed by atoms with Gasteiger partial charge in [-0.2, -0.15) is 0 Å². The highest BCUT2D eigenvalue weighted by atomic mass is 79.9. The molecular weight excluding hydrogens is 416 g/mol. The highest BCUT2D eigenvalue weighted by Gasteiger charge is 2.25. The zero-order valence-corrected chi connectivity index (χ0v) is 16.7. The number of benzene rings is 3. The number of halogens is 1. The van der Waals surface area contributed by atoms with Crippen LogP contribution in [0.3, 0.4) is 0 Å². The molecule has 0 unspecified atom stereocenters. The number of aryl methyl sites for hydroxylation is 1. The molecule has 1 N–H and O–H groups in total. The maximum atomic E-state index is 13.4. The minimum Gasteiger partial charge on any atom is -0.506 e. The summed E-state index contributed by atoms with van der Waals surface area (Å²) in [6, 6.07) is 23.8. The Kier molecular flexibility index (Phi) is 4.84. The zero-order chi connectivity index (χ0) is 19.7. The topological polar surface area (TPSA) is 55.1 Å². The molecule has 0 radical (unpaired) electrons. The third-order valence-electron chi connectivity index (χ3n) is 4.53. The van der Waals surface area contributed by atoms with Crippen LogP contribution in [0.25, 0.3) is 22.4 Å². The summed E-state index contributed by atoms with van der Waals surface area (Å²) in [5.74, 6) is -0.0485. The van der Waals surface area contributed by atoms with E-state index < -0.39 is 0 Å². The Morgan fingerprint density at radius 3 is 2.18 bits per heavy atom. The number of imidazole rings is 1. The molecule has 0 amide bonds. The molecule has 138 valence electrons. The van der Waals surface area contributed by atoms with Gasteiger partial charge >= 0.3 is 0 Å². The summed E-state index contributed by atoms with van der Waals surface area (Å²) in [7, 11) is 0. The van der Waals surface area contributed by atoms with E-state index in [0.29, 0.717) is 17.0 Å². The van der Waals surface area contributed by atoms with E-state index in [0.717, 1.165) is 16.6 Å². The van der Waals surface area contributed by atoms with Crippen molar-refractivity contribution in [3.8, 4) is 0 Å². The van der Waals surface area contributed by atoms with E-state index >= 15 is 0 Å². The molecule has 5 heteroatoms. The lowest BCUT2D eigenvalue weighted by Gasteiger charge is -2.10. The van der Waals surface area contributed by atoms with E-state index in [1.165, 1.54) is 0 Å². The number of aliphatic hydroxyl groups is 1. The standard InChI is InChI=1S/C23H17BrN2O2/c1-15-12-13-19-18(14-15)25-23(26(19)24)20(21(27)16-8-4-2-5-9-16)22(28)17-10-6-3-7-11-17/h2-14,27H,1H3/b21-20+. The minimum absolute atomic E-state index is 0.109. The van der Waals surface area contributed by atoms with Crippen LogP contribution in [-0.4, -0.2) is 19.5 Å². The van der Waals surface area contributed by atoms with Crippen LogP contribution in [0.1, 0.15) is 27.3 Å². The fourth-order valence-corrected chi connectivity index (χ4v) is 3.66. The number of carbonyl (C=O) groups excluding carboxylic acids is 1. The fraction of sp³-hybridized carbons (Fsp3) is 0.0435. The quantitative estimate of drug-likeness (QED) is 0.251. The van der Waals surface area contributed by atoms with Crippen LogP contribution in [0.4, 0.5) is 0 Å². The van der Waals surface area contributed by atoms with Crippen molar-refractivity contribution in [1.82, 2.24) is 8.58 Å². The lowest BCUT2D eigenvalue weighted by molar-refractivity contribution is 0.105. The lowest BCUT2D eigenvalue weighted by atomic mass is 9.99. The van der Waals surface area contributed by atoms with Gasteiger partial charge in [-0.25, -0.2) is 4.98 Å². The lowest BCUT2D eigenvalue weighted by Crippen LogP contribution is -2.09. The van der Waals surface area contributed by atoms with Crippen LogP contribution in [0.2, 0.25) is 0 Å². The molecule has 4 rings (SSSR count). The van der Waals surface area contributed by atoms with Crippen molar-refractivity contribution in [1.29, 1.82) is 0 Å². The molecule has 3 aromatic carbocycles. The van der Waals surface area contributed by atoms with Crippen molar-refractivity contribution >= 4 is 44.3 Å². The molecule has 28 heavy (non-hydrogen) atoms. The SMILES string of the molecule is Cc1ccc2c(c1)nc(/C(C(=O)c1ccccc1)=C(/O)c1ccccc1)n2Br. The second-order valence-electron chi connectivity index (χ2n) is 6.49. The summed E-state index contributed by atoms with van der Waals surface area (Å²) < 4.78 is 1.66. The highest BCUT2D eigenvalue weighted by Crippen LogP contribution is 2.31. The highest BCUT2D eigenvalue weighted by molar-refractivity contribution is 9.08. The summed E-state index contributed by atoms with van der Waals surface area (Å²) in [6.45, 7) is 1.99. The minimum atomic E-state index is -0.297. The van der Waals surface area contributed by atoms with Crippen LogP contribution in [0, 0.1) is 6.92 Å². The Morgan fingerprint density at radius 2 is 1.54 bits per heavy atom. The van der Waals surface area contributed by atoms with Crippen LogP contribution < -0.4 is 0 Å². The number of hydrogen-bond donors (Lipinski definition) is 1. The largest absolute Gasteiger partial charge is 0.506 e. The maximum absolute atomic E-state index is 13.4. The Balaban J connectivity index is 1.99. The van der Waals surface area contributed by atoms with E-state index in [2.05, 4.69) is 21.1 Å². The average Bonchev–Trinajstić information content (AvgIpc) is 3.04. The summed E-state index contributed by atoms with van der Waals surface area (Å²) in [5, 5.41) is 11.1. The Bertz CT molecular complexity index is 1200. The second kappa shape index (κ2) is 7.44. The van der Waals surface area contributed by atoms with Gasteiger partial charge in [0.2, 0.25) is 5.78 Å². The molecular formula is C23H17BrN2O2. The van der Waals surface area contributed by atoms with E-state index in [1.54, 1.807) is 40.0 Å². The molecule has 1 heterocycles. The molecule has 0 aliphatic rings. The first-order valence-corrected chi connectivity index (χ1v) is 9.51. The van der Waals surface area contributed by atoms with Gasteiger partial charge in [-0.05, 0) is 24.6 Å². The monoisotopic (exact) mass is 432 g/mol. The molecule has 0 bridgehead atoms. The molecule has 4 nitrogen and oxygen atoms in total. The van der Waals surface area contributed by atoms with Crippen molar-refractivity contribution in [3.63, 3.8) is 0 Å². The van der Waals surface area contributed by atoms with Crippen LogP contribution >= 0.6 is 16.1 Å². The smallest absolute Gasteiger partial charge is 0.200 e. The molecule has 0 atom stereocenters. The Hall–Kier alpha value is -3.18. The van der Waals surface area contributed by atoms with E-state index in [1.807, 2.05) is 49.4 Å². The van der Waals surface area contributed by atoms with Crippen molar-refractivity contribution in [2.75, 3.05) is 0 Å². The number of allylic oxidation sites excluding steroid dienone is 1. The first-order valence-electron chi connectivity index (χ1n) is 8.80. The average molecular weight is 433 g/mol. The second-order valence-corrected chi connectivity index (χ2v) is 7.20. The van der Waals surface area contributed by atoms with Crippen LogP contribution in [0.5, 0.6) is 0 Å². The molecule has 4 aromatic rings. The zero-order valence-electron chi connectivity index (χ0n) is 15.1. The fourth-order valence-electron chi connectivity index (χ4n) is 3.10. The van der Waals surface area contributed by atoms with Crippen molar-refractivity contribution < 1.29 is 9.90 Å². The molecule has 0 fully saturated rings. The number of aliphatic hydroxyl groups excluding tert-OH is 1. The molecule has 0 aliphatic heterocycles. The maximum Gasteiger partial charge on any atom is 0.200 e. The van der Waals surface area contributed by atoms with Gasteiger partial charge in [-0.1, -0.05) is 66.7 Å². The van der Waals surface area contributed by atoms with Gasteiger partial charge in [-0.3, -0.25) is 8.39 Å². The van der Waals surface area contributed by atoms with E-state index in [9.17, 15) is 9.90 Å². The van der Waals surface area contributed by atoms with Gasteiger partial charge in [-0.15, -0.1) is 0 Å². The number of hydrogen-bond acceptors (Lipinski definition) is 3. The molecule has 0 saturated carbocycles. The Morgan fingerprint density at radius 1 is 0.929 bits per heavy atom. The predicted molar refractivity (Wildman–Crippen MR) is 115 cm³/mol. The first-order chi connectivity index (χ1) is 13.6.